The van der Waals surface area contributed by atoms with E-state index >= 15 is 0 Å². The molecule has 14 heavy (non-hydrogen) atoms. The molecule has 0 bridgehead atoms. The lowest BCUT2D eigenvalue weighted by Gasteiger charge is -2.31. The van der Waals surface area contributed by atoms with Gasteiger partial charge in [0.1, 0.15) is 0 Å². The molecule has 0 aromatic carbocycles. The second kappa shape index (κ2) is 5.03. The van der Waals surface area contributed by atoms with Crippen molar-refractivity contribution in [1.82, 2.24) is 10.2 Å². The van der Waals surface area contributed by atoms with Crippen molar-refractivity contribution in [3.63, 3.8) is 0 Å². The number of amides is 1. The van der Waals surface area contributed by atoms with Gasteiger partial charge in [0, 0.05) is 31.1 Å². The van der Waals surface area contributed by atoms with E-state index in [2.05, 4.69) is 5.32 Å². The third-order valence-corrected chi connectivity index (χ3v) is 3.91. The van der Waals surface area contributed by atoms with Crippen LogP contribution >= 0.6 is 11.8 Å². The largest absolute Gasteiger partial charge is 0.341 e. The highest BCUT2D eigenvalue weighted by Crippen LogP contribution is 2.16. The topological polar surface area (TPSA) is 32.3 Å². The van der Waals surface area contributed by atoms with Crippen LogP contribution in [-0.4, -0.2) is 48.5 Å². The maximum Gasteiger partial charge on any atom is 0.227 e. The summed E-state index contributed by atoms with van der Waals surface area (Å²) in [5, 5.41) is 3.30. The van der Waals surface area contributed by atoms with Gasteiger partial charge in [-0.3, -0.25) is 4.79 Å². The molecular weight excluding hydrogens is 196 g/mol. The standard InChI is InChI=1S/C10H18N2OS/c13-10(9-2-1-3-11-8-9)12-4-6-14-7-5-12/h9,11H,1-8H2. The van der Waals surface area contributed by atoms with Crippen LogP contribution in [0.4, 0.5) is 0 Å². The minimum atomic E-state index is 0.256. The molecule has 80 valence electrons. The van der Waals surface area contributed by atoms with Gasteiger partial charge in [-0.15, -0.1) is 0 Å². The minimum absolute atomic E-state index is 0.256. The number of carbonyl (C=O) groups excluding carboxylic acids is 1. The molecule has 4 heteroatoms. The molecule has 2 aliphatic heterocycles. The molecule has 1 atom stereocenters. The molecule has 1 N–H and O–H groups in total. The maximum absolute atomic E-state index is 12.0. The van der Waals surface area contributed by atoms with Crippen LogP contribution in [0, 0.1) is 5.92 Å². The van der Waals surface area contributed by atoms with Gasteiger partial charge >= 0.3 is 0 Å². The van der Waals surface area contributed by atoms with Gasteiger partial charge in [-0.25, -0.2) is 0 Å². The van der Waals surface area contributed by atoms with Gasteiger partial charge in [-0.2, -0.15) is 11.8 Å². The van der Waals surface area contributed by atoms with Gasteiger partial charge in [0.05, 0.1) is 5.92 Å². The normalized spacial score (nSPS) is 28.9. The number of thioether (sulfide) groups is 1. The number of rotatable bonds is 1. The molecule has 0 spiro atoms. The van der Waals surface area contributed by atoms with Crippen LogP contribution in [0.3, 0.4) is 0 Å². The van der Waals surface area contributed by atoms with E-state index in [0.29, 0.717) is 5.91 Å². The van der Waals surface area contributed by atoms with Crippen LogP contribution < -0.4 is 5.32 Å². The summed E-state index contributed by atoms with van der Waals surface area (Å²) in [4.78, 5) is 14.1. The molecule has 0 aromatic rings. The Balaban J connectivity index is 1.85. The first-order chi connectivity index (χ1) is 6.88. The van der Waals surface area contributed by atoms with Crippen molar-refractivity contribution in [3.05, 3.63) is 0 Å². The second-order valence-electron chi connectivity index (χ2n) is 3.98. The second-order valence-corrected chi connectivity index (χ2v) is 5.21. The average Bonchev–Trinajstić information content (AvgIpc) is 2.30. The predicted molar refractivity (Wildman–Crippen MR) is 59.5 cm³/mol. The van der Waals surface area contributed by atoms with Gasteiger partial charge in [0.2, 0.25) is 5.91 Å². The molecule has 1 amide bonds. The predicted octanol–water partition coefficient (Wildman–Crippen LogP) is 0.561. The summed E-state index contributed by atoms with van der Waals surface area (Å²) < 4.78 is 0. The number of hydrogen-bond acceptors (Lipinski definition) is 3. The minimum Gasteiger partial charge on any atom is -0.341 e. The number of nitrogens with one attached hydrogen (secondary N) is 1. The Morgan fingerprint density at radius 2 is 2.14 bits per heavy atom. The van der Waals surface area contributed by atoms with Gasteiger partial charge in [0.25, 0.3) is 0 Å². The van der Waals surface area contributed by atoms with E-state index in [1.807, 2.05) is 16.7 Å². The van der Waals surface area contributed by atoms with E-state index in [1.165, 1.54) is 0 Å². The number of carbonyl (C=O) groups is 1. The fourth-order valence-corrected chi connectivity index (χ4v) is 3.01. The summed E-state index contributed by atoms with van der Waals surface area (Å²) >= 11 is 1.95. The smallest absolute Gasteiger partial charge is 0.227 e. The first-order valence-electron chi connectivity index (χ1n) is 5.45. The van der Waals surface area contributed by atoms with Crippen LogP contribution in [0.15, 0.2) is 0 Å². The fourth-order valence-electron chi connectivity index (χ4n) is 2.10. The Labute approximate surface area is 89.6 Å². The summed E-state index contributed by atoms with van der Waals surface area (Å²) in [6, 6.07) is 0. The zero-order chi connectivity index (χ0) is 9.80. The van der Waals surface area contributed by atoms with Crippen LogP contribution in [0.5, 0.6) is 0 Å². The molecular formula is C10H18N2OS. The van der Waals surface area contributed by atoms with Crippen molar-refractivity contribution in [2.45, 2.75) is 12.8 Å². The van der Waals surface area contributed by atoms with E-state index in [4.69, 9.17) is 0 Å². The third-order valence-electron chi connectivity index (χ3n) is 2.97. The lowest BCUT2D eigenvalue weighted by Crippen LogP contribution is -2.46. The van der Waals surface area contributed by atoms with E-state index < -0.39 is 0 Å². The zero-order valence-electron chi connectivity index (χ0n) is 8.50. The van der Waals surface area contributed by atoms with E-state index in [0.717, 1.165) is 50.5 Å². The number of piperidine rings is 1. The Morgan fingerprint density at radius 1 is 1.36 bits per heavy atom. The Bertz CT molecular complexity index is 178. The van der Waals surface area contributed by atoms with Crippen molar-refractivity contribution in [3.8, 4) is 0 Å². The lowest BCUT2D eigenvalue weighted by atomic mass is 9.98. The molecule has 2 aliphatic rings. The Morgan fingerprint density at radius 3 is 2.79 bits per heavy atom. The first kappa shape index (κ1) is 10.3. The molecule has 1 unspecified atom stereocenters. The molecule has 0 aliphatic carbocycles. The molecule has 2 saturated heterocycles. The van der Waals surface area contributed by atoms with Crippen molar-refractivity contribution >= 4 is 17.7 Å². The van der Waals surface area contributed by atoms with E-state index in [9.17, 15) is 4.79 Å². The van der Waals surface area contributed by atoms with Crippen LogP contribution in [-0.2, 0) is 4.79 Å². The van der Waals surface area contributed by atoms with Crippen molar-refractivity contribution < 1.29 is 4.79 Å². The highest BCUT2D eigenvalue weighted by atomic mass is 32.2. The van der Waals surface area contributed by atoms with Gasteiger partial charge in [0.15, 0.2) is 0 Å². The average molecular weight is 214 g/mol. The zero-order valence-corrected chi connectivity index (χ0v) is 9.31. The molecule has 0 radical (unpaired) electrons. The van der Waals surface area contributed by atoms with Crippen LogP contribution in [0.2, 0.25) is 0 Å². The Hall–Kier alpha value is -0.220. The lowest BCUT2D eigenvalue weighted by molar-refractivity contribution is -0.135. The quantitative estimate of drug-likeness (QED) is 0.692. The van der Waals surface area contributed by atoms with Crippen molar-refractivity contribution in [1.29, 1.82) is 0 Å². The summed E-state index contributed by atoms with van der Waals surface area (Å²) in [7, 11) is 0. The van der Waals surface area contributed by atoms with Crippen LogP contribution in [0.25, 0.3) is 0 Å². The SMILES string of the molecule is O=C(C1CCCNC1)N1CCSCC1. The maximum atomic E-state index is 12.0. The number of hydrogen-bond donors (Lipinski definition) is 1. The van der Waals surface area contributed by atoms with E-state index in [-0.39, 0.29) is 5.92 Å². The van der Waals surface area contributed by atoms with Crippen LogP contribution in [0.1, 0.15) is 12.8 Å². The summed E-state index contributed by atoms with van der Waals surface area (Å²) in [5.41, 5.74) is 0. The summed E-state index contributed by atoms with van der Waals surface area (Å²) in [6.07, 6.45) is 2.23. The first-order valence-corrected chi connectivity index (χ1v) is 6.60. The molecule has 2 rings (SSSR count). The summed E-state index contributed by atoms with van der Waals surface area (Å²) in [5.74, 6) is 2.88. The monoisotopic (exact) mass is 214 g/mol. The highest BCUT2D eigenvalue weighted by Gasteiger charge is 2.26. The molecule has 0 saturated carbocycles. The van der Waals surface area contributed by atoms with E-state index in [1.54, 1.807) is 0 Å². The fraction of sp³-hybridized carbons (Fsp3) is 0.900. The molecule has 0 aromatic heterocycles. The highest BCUT2D eigenvalue weighted by molar-refractivity contribution is 7.99. The van der Waals surface area contributed by atoms with Gasteiger partial charge in [-0.1, -0.05) is 0 Å². The molecule has 2 heterocycles. The third kappa shape index (κ3) is 2.42. The summed E-state index contributed by atoms with van der Waals surface area (Å²) in [6.45, 7) is 3.89. The number of nitrogens with zero attached hydrogens (tertiary/aromatic N) is 1. The Kier molecular flexibility index (Phi) is 3.70. The van der Waals surface area contributed by atoms with Crippen molar-refractivity contribution in [2.75, 3.05) is 37.7 Å². The van der Waals surface area contributed by atoms with Gasteiger partial charge in [-0.05, 0) is 19.4 Å². The molecule has 2 fully saturated rings. The van der Waals surface area contributed by atoms with Gasteiger partial charge < -0.3 is 10.2 Å². The van der Waals surface area contributed by atoms with Crippen molar-refractivity contribution in [2.24, 2.45) is 5.92 Å². The molecule has 3 nitrogen and oxygen atoms in total.